The van der Waals surface area contributed by atoms with Crippen molar-refractivity contribution in [2.75, 3.05) is 18.2 Å². The number of aliphatic hydroxyl groups excluding tert-OH is 1. The minimum atomic E-state index is -0.896. The molecule has 1 heterocycles. The Bertz CT molecular complexity index is 1030. The Labute approximate surface area is 215 Å². The van der Waals surface area contributed by atoms with Crippen molar-refractivity contribution in [2.45, 2.75) is 72.3 Å². The minimum absolute atomic E-state index is 0.0359. The zero-order chi connectivity index (χ0) is 25.6. The largest absolute Gasteiger partial charge is 0.396 e. The van der Waals surface area contributed by atoms with Gasteiger partial charge >= 0.3 is 0 Å². The third kappa shape index (κ3) is 6.25. The average molecular weight is 498 g/mol. The van der Waals surface area contributed by atoms with Crippen LogP contribution in [0.25, 0.3) is 0 Å². The van der Waals surface area contributed by atoms with Crippen LogP contribution in [0.5, 0.6) is 0 Å². The fourth-order valence-electron chi connectivity index (χ4n) is 4.72. The predicted octanol–water partition coefficient (Wildman–Crippen LogP) is 6.35. The fraction of sp³-hybridized carbons (Fsp3) is 0.517. The molecule has 2 aromatic rings. The van der Waals surface area contributed by atoms with Gasteiger partial charge in [-0.1, -0.05) is 81.1 Å². The highest BCUT2D eigenvalue weighted by atomic mass is 35.5. The molecular formula is C29H40ClN3O2. The standard InChI is InChI=1S/C29H40ClN3O2/c1-6-7-12-25-26(22-15-13-21(2)14-16-22)32-33(24-11-8-10-23(30)19-24)29(25,5)27(35)31-18-9-17-28(3,4)20-34/h8,10-11,13-16,19,25,34H,6-7,9,12,17-18,20H2,1-5H3,(H,31,35). The van der Waals surface area contributed by atoms with Gasteiger partial charge in [0.2, 0.25) is 5.91 Å². The number of benzene rings is 2. The minimum Gasteiger partial charge on any atom is -0.396 e. The van der Waals surface area contributed by atoms with Gasteiger partial charge < -0.3 is 10.4 Å². The van der Waals surface area contributed by atoms with Crippen molar-refractivity contribution < 1.29 is 9.90 Å². The lowest BCUT2D eigenvalue weighted by molar-refractivity contribution is -0.126. The second-order valence-corrected chi connectivity index (χ2v) is 11.1. The number of aliphatic hydroxyl groups is 1. The number of amides is 1. The maximum absolute atomic E-state index is 13.9. The molecule has 2 N–H and O–H groups in total. The first kappa shape index (κ1) is 27.2. The number of rotatable bonds is 11. The van der Waals surface area contributed by atoms with E-state index in [0.717, 1.165) is 49.1 Å². The number of halogens is 1. The third-order valence-corrected chi connectivity index (χ3v) is 7.34. The zero-order valence-electron chi connectivity index (χ0n) is 21.8. The van der Waals surface area contributed by atoms with Gasteiger partial charge in [0.1, 0.15) is 5.54 Å². The Morgan fingerprint density at radius 1 is 1.20 bits per heavy atom. The van der Waals surface area contributed by atoms with Crippen molar-refractivity contribution in [3.05, 3.63) is 64.7 Å². The first-order chi connectivity index (χ1) is 16.6. The number of aryl methyl sites for hydroxylation is 1. The van der Waals surface area contributed by atoms with E-state index in [1.807, 2.05) is 50.0 Å². The lowest BCUT2D eigenvalue weighted by Gasteiger charge is -2.38. The van der Waals surface area contributed by atoms with E-state index in [2.05, 4.69) is 43.4 Å². The molecule has 2 aromatic carbocycles. The Kier molecular flexibility index (Phi) is 9.00. The fourth-order valence-corrected chi connectivity index (χ4v) is 4.90. The molecule has 2 atom stereocenters. The summed E-state index contributed by atoms with van der Waals surface area (Å²) in [5.41, 5.74) is 2.94. The number of hydrogen-bond donors (Lipinski definition) is 2. The summed E-state index contributed by atoms with van der Waals surface area (Å²) < 4.78 is 0. The summed E-state index contributed by atoms with van der Waals surface area (Å²) in [6.07, 6.45) is 4.55. The number of unbranched alkanes of at least 4 members (excludes halogenated alkanes) is 1. The molecule has 190 valence electrons. The van der Waals surface area contributed by atoms with Gasteiger partial charge in [0.25, 0.3) is 0 Å². The quantitative estimate of drug-likeness (QED) is 0.355. The molecular weight excluding hydrogens is 458 g/mol. The molecule has 1 aliphatic rings. The summed E-state index contributed by atoms with van der Waals surface area (Å²) in [6.45, 7) is 11.0. The number of hydrogen-bond acceptors (Lipinski definition) is 4. The van der Waals surface area contributed by atoms with E-state index in [1.165, 1.54) is 5.56 Å². The Balaban J connectivity index is 1.98. The van der Waals surface area contributed by atoms with Gasteiger partial charge in [0, 0.05) is 24.1 Å². The van der Waals surface area contributed by atoms with Crippen molar-refractivity contribution in [2.24, 2.45) is 16.4 Å². The number of anilines is 1. The summed E-state index contributed by atoms with van der Waals surface area (Å²) in [5.74, 6) is -0.107. The SMILES string of the molecule is CCCCC1C(c2ccc(C)cc2)=NN(c2cccc(Cl)c2)C1(C)C(=O)NCCCC(C)(C)CO. The van der Waals surface area contributed by atoms with E-state index in [1.54, 1.807) is 0 Å². The van der Waals surface area contributed by atoms with Crippen LogP contribution in [0.3, 0.4) is 0 Å². The normalized spacial score (nSPS) is 20.1. The number of carbonyl (C=O) groups excluding carboxylic acids is 1. The van der Waals surface area contributed by atoms with E-state index in [-0.39, 0.29) is 23.8 Å². The number of hydrazone groups is 1. The highest BCUT2D eigenvalue weighted by molar-refractivity contribution is 6.30. The Morgan fingerprint density at radius 2 is 1.91 bits per heavy atom. The molecule has 0 fully saturated rings. The van der Waals surface area contributed by atoms with Crippen molar-refractivity contribution >= 4 is 28.9 Å². The van der Waals surface area contributed by atoms with E-state index in [9.17, 15) is 9.90 Å². The second-order valence-electron chi connectivity index (χ2n) is 10.7. The highest BCUT2D eigenvalue weighted by Crippen LogP contribution is 2.42. The van der Waals surface area contributed by atoms with E-state index in [4.69, 9.17) is 16.7 Å². The van der Waals surface area contributed by atoms with Crippen LogP contribution >= 0.6 is 11.6 Å². The van der Waals surface area contributed by atoms with Crippen LogP contribution in [0.15, 0.2) is 53.6 Å². The molecule has 6 heteroatoms. The first-order valence-electron chi connectivity index (χ1n) is 12.7. The van der Waals surface area contributed by atoms with Crippen molar-refractivity contribution in [3.8, 4) is 0 Å². The summed E-state index contributed by atoms with van der Waals surface area (Å²) in [4.78, 5) is 13.9. The zero-order valence-corrected chi connectivity index (χ0v) is 22.5. The molecule has 35 heavy (non-hydrogen) atoms. The first-order valence-corrected chi connectivity index (χ1v) is 13.1. The van der Waals surface area contributed by atoms with Crippen molar-refractivity contribution in [1.82, 2.24) is 5.32 Å². The van der Waals surface area contributed by atoms with Crippen LogP contribution in [0.1, 0.15) is 70.9 Å². The lowest BCUT2D eigenvalue weighted by atomic mass is 9.76. The maximum atomic E-state index is 13.9. The van der Waals surface area contributed by atoms with E-state index >= 15 is 0 Å². The van der Waals surface area contributed by atoms with E-state index < -0.39 is 5.54 Å². The molecule has 0 saturated carbocycles. The van der Waals surface area contributed by atoms with Crippen molar-refractivity contribution in [1.29, 1.82) is 0 Å². The number of nitrogens with one attached hydrogen (secondary N) is 1. The molecule has 0 aromatic heterocycles. The van der Waals surface area contributed by atoms with Gasteiger partial charge in [-0.15, -0.1) is 0 Å². The van der Waals surface area contributed by atoms with Crippen LogP contribution in [0.2, 0.25) is 5.02 Å². The van der Waals surface area contributed by atoms with Crippen LogP contribution in [-0.4, -0.2) is 35.4 Å². The molecule has 5 nitrogen and oxygen atoms in total. The van der Waals surface area contributed by atoms with Gasteiger partial charge in [-0.25, -0.2) is 5.01 Å². The van der Waals surface area contributed by atoms with Gasteiger partial charge in [-0.2, -0.15) is 5.10 Å². The van der Waals surface area contributed by atoms with Gasteiger partial charge in [-0.3, -0.25) is 4.79 Å². The topological polar surface area (TPSA) is 64.9 Å². The summed E-state index contributed by atoms with van der Waals surface area (Å²) in [5, 5.41) is 20.3. The Hall–Kier alpha value is -2.37. The van der Waals surface area contributed by atoms with E-state index in [0.29, 0.717) is 11.6 Å². The van der Waals surface area contributed by atoms with Crippen LogP contribution in [0.4, 0.5) is 5.69 Å². The molecule has 0 radical (unpaired) electrons. The molecule has 1 aliphatic heterocycles. The van der Waals surface area contributed by atoms with Gasteiger partial charge in [0.05, 0.1) is 11.4 Å². The highest BCUT2D eigenvalue weighted by Gasteiger charge is 2.53. The summed E-state index contributed by atoms with van der Waals surface area (Å²) in [6, 6.07) is 15.9. The van der Waals surface area contributed by atoms with Crippen LogP contribution in [0, 0.1) is 18.3 Å². The van der Waals surface area contributed by atoms with Gasteiger partial charge in [-0.05, 0) is 62.3 Å². The van der Waals surface area contributed by atoms with Crippen molar-refractivity contribution in [3.63, 3.8) is 0 Å². The molecule has 3 rings (SSSR count). The maximum Gasteiger partial charge on any atom is 0.248 e. The molecule has 2 unspecified atom stereocenters. The summed E-state index contributed by atoms with van der Waals surface area (Å²) in [7, 11) is 0. The molecule has 0 bridgehead atoms. The summed E-state index contributed by atoms with van der Waals surface area (Å²) >= 11 is 6.35. The lowest BCUT2D eigenvalue weighted by Crippen LogP contribution is -2.58. The molecule has 0 spiro atoms. The second kappa shape index (κ2) is 11.6. The molecule has 0 saturated heterocycles. The molecule has 1 amide bonds. The molecule has 0 aliphatic carbocycles. The van der Waals surface area contributed by atoms with Crippen LogP contribution < -0.4 is 10.3 Å². The number of nitrogens with zero attached hydrogens (tertiary/aromatic N) is 2. The smallest absolute Gasteiger partial charge is 0.248 e. The van der Waals surface area contributed by atoms with Crippen LogP contribution in [-0.2, 0) is 4.79 Å². The number of carbonyl (C=O) groups is 1. The van der Waals surface area contributed by atoms with Gasteiger partial charge in [0.15, 0.2) is 0 Å². The monoisotopic (exact) mass is 497 g/mol. The predicted molar refractivity (Wildman–Crippen MR) is 146 cm³/mol. The average Bonchev–Trinajstić information content (AvgIpc) is 3.14. The third-order valence-electron chi connectivity index (χ3n) is 7.11. The Morgan fingerprint density at radius 3 is 2.54 bits per heavy atom.